The van der Waals surface area contributed by atoms with Crippen LogP contribution in [0.5, 0.6) is 0 Å². The Bertz CT molecular complexity index is 2690. The molecule has 5 atom stereocenters. The number of hydrogen-bond acceptors (Lipinski definition) is 13. The number of ether oxygens (including phenoxy) is 6. The summed E-state index contributed by atoms with van der Waals surface area (Å²) < 4.78 is 38.4. The average Bonchev–Trinajstić information content (AvgIpc) is 0.868. The second kappa shape index (κ2) is 45.2. The van der Waals surface area contributed by atoms with Crippen LogP contribution in [0.4, 0.5) is 0 Å². The zero-order valence-electron chi connectivity index (χ0n) is 77.4. The van der Waals surface area contributed by atoms with Gasteiger partial charge in [-0.2, -0.15) is 0 Å². The SMILES string of the molecule is CCC(C)(CNCC(C)(CC)COCC(C)(CC)CC(=O)NCCC(C)(C)OCCC(C)(C)C(=O)NCCC(C)(C)OCCC(C)(C)C(=O)NCC(C)(C)CC(C)(C)C)COCC(C)(CC)CC(=O)NCCC(C)(C)OCCC(C)(C)C(=O)NCCCC(C)(CC)OCCC(C)(C)C(=O)NCC(C)(C)CC(C)(C)C. The van der Waals surface area contributed by atoms with Gasteiger partial charge in [-0.25, -0.2) is 0 Å². The summed E-state index contributed by atoms with van der Waals surface area (Å²) in [5.74, 6) is 0.0262. The van der Waals surface area contributed by atoms with Gasteiger partial charge in [-0.15, -0.1) is 0 Å². The Kier molecular flexibility index (Phi) is 43.7. The van der Waals surface area contributed by atoms with E-state index in [-0.39, 0.29) is 84.4 Å². The van der Waals surface area contributed by atoms with Crippen molar-refractivity contribution in [3.8, 4) is 0 Å². The number of rotatable bonds is 60. The van der Waals surface area contributed by atoms with Crippen LogP contribution in [0.1, 0.15) is 351 Å². The van der Waals surface area contributed by atoms with Crippen molar-refractivity contribution in [3.63, 3.8) is 0 Å². The van der Waals surface area contributed by atoms with E-state index in [1.807, 2.05) is 96.9 Å². The van der Waals surface area contributed by atoms with Crippen molar-refractivity contribution in [3.05, 3.63) is 0 Å². The van der Waals surface area contributed by atoms with Gasteiger partial charge in [0.05, 0.1) is 48.8 Å². The zero-order valence-corrected chi connectivity index (χ0v) is 77.4. The minimum absolute atomic E-state index is 0.00320. The number of amides is 6. The van der Waals surface area contributed by atoms with Gasteiger partial charge in [0.15, 0.2) is 0 Å². The highest BCUT2D eigenvalue weighted by Crippen LogP contribution is 2.37. The third-order valence-electron chi connectivity index (χ3n) is 23.3. The number of hydrogen-bond donors (Lipinski definition) is 7. The molecule has 0 rings (SSSR count). The fraction of sp³-hybridized carbons (Fsp3) is 0.933. The van der Waals surface area contributed by atoms with Crippen molar-refractivity contribution >= 4 is 35.4 Å². The van der Waals surface area contributed by atoms with Crippen LogP contribution in [0.25, 0.3) is 0 Å². The third kappa shape index (κ3) is 46.0. The Hall–Kier alpha value is -3.46. The standard InChI is InChI=1S/C90H177N7O12/c1-35-86(30,57-69(98)92-50-42-83(24,25)106-53-45-79(16,17)71(100)94-49-40-41-90(34,39-5)109-56-48-82(22,23)74(103)97-62-78(14,15)60-76(9,10)11)65-104-67-88(32,37-3)63-91-64-89(33,38-4)68-105-66-87(31,36-2)58-70(99)93-51-43-84(26,27)107-54-46-80(18,19)72(101)95-52-44-85(28,29)108-55-47-81(20,21)73(102)96-61-77(12,13)59-75(6,7)8/h91H,35-68H2,1-34H3,(H,92,98)(H,93,99)(H,94,100)(H,95,101)(H,96,102)(H,97,103). The van der Waals surface area contributed by atoms with Crippen LogP contribution in [-0.2, 0) is 57.2 Å². The van der Waals surface area contributed by atoms with E-state index in [1.54, 1.807) is 0 Å². The molecule has 0 aromatic heterocycles. The van der Waals surface area contributed by atoms with E-state index in [0.29, 0.717) is 150 Å². The molecule has 0 aromatic rings. The van der Waals surface area contributed by atoms with Crippen LogP contribution in [0.2, 0.25) is 0 Å². The van der Waals surface area contributed by atoms with E-state index in [0.717, 1.165) is 70.9 Å². The Labute approximate surface area is 670 Å². The van der Waals surface area contributed by atoms with Crippen molar-refractivity contribution in [1.82, 2.24) is 37.2 Å². The van der Waals surface area contributed by atoms with E-state index in [4.69, 9.17) is 28.4 Å². The molecule has 0 aliphatic carbocycles. The van der Waals surface area contributed by atoms with E-state index < -0.39 is 38.5 Å². The van der Waals surface area contributed by atoms with Crippen molar-refractivity contribution in [2.75, 3.05) is 105 Å². The molecule has 0 saturated carbocycles. The van der Waals surface area contributed by atoms with E-state index >= 15 is 0 Å². The molecule has 0 spiro atoms. The molecule has 644 valence electrons. The summed E-state index contributed by atoms with van der Waals surface area (Å²) in [6.07, 6.45) is 12.7. The van der Waals surface area contributed by atoms with Crippen molar-refractivity contribution in [1.29, 1.82) is 0 Å². The molecule has 0 aliphatic heterocycles. The Balaban J connectivity index is 4.92. The van der Waals surface area contributed by atoms with E-state index in [9.17, 15) is 28.8 Å². The summed E-state index contributed by atoms with van der Waals surface area (Å²) in [6, 6.07) is 0. The molecule has 19 heteroatoms. The van der Waals surface area contributed by atoms with Crippen LogP contribution >= 0.6 is 0 Å². The van der Waals surface area contributed by atoms with Crippen LogP contribution < -0.4 is 37.2 Å². The molecule has 0 aliphatic rings. The molecule has 0 radical (unpaired) electrons. The zero-order chi connectivity index (χ0) is 84.7. The minimum atomic E-state index is -0.654. The number of nitrogens with one attached hydrogen (secondary N) is 7. The maximum absolute atomic E-state index is 13.5. The summed E-state index contributed by atoms with van der Waals surface area (Å²) >= 11 is 0. The van der Waals surface area contributed by atoms with Crippen LogP contribution in [0, 0.1) is 65.0 Å². The highest BCUT2D eigenvalue weighted by Gasteiger charge is 2.38. The monoisotopic (exact) mass is 1550 g/mol. The number of carbonyl (C=O) groups is 6. The maximum Gasteiger partial charge on any atom is 0.225 e. The maximum atomic E-state index is 13.5. The summed E-state index contributed by atoms with van der Waals surface area (Å²) in [6.45, 7) is 80.2. The molecular weight excluding hydrogens is 1370 g/mol. The molecule has 6 amide bonds. The molecule has 0 aromatic carbocycles. The van der Waals surface area contributed by atoms with Gasteiger partial charge in [-0.3, -0.25) is 28.8 Å². The molecule has 109 heavy (non-hydrogen) atoms. The summed E-state index contributed by atoms with van der Waals surface area (Å²) in [7, 11) is 0. The van der Waals surface area contributed by atoms with Gasteiger partial charge >= 0.3 is 0 Å². The van der Waals surface area contributed by atoms with Crippen molar-refractivity contribution < 1.29 is 57.2 Å². The molecule has 0 fully saturated rings. The normalized spacial score (nSPS) is 16.2. The highest BCUT2D eigenvalue weighted by atomic mass is 16.5. The van der Waals surface area contributed by atoms with Gasteiger partial charge in [0.2, 0.25) is 35.4 Å². The molecule has 0 bridgehead atoms. The van der Waals surface area contributed by atoms with Gasteiger partial charge in [0.1, 0.15) is 0 Å². The fourth-order valence-corrected chi connectivity index (χ4v) is 13.8. The summed E-state index contributed by atoms with van der Waals surface area (Å²) in [4.78, 5) is 80.2. The van der Waals surface area contributed by atoms with Gasteiger partial charge < -0.3 is 65.6 Å². The number of carbonyl (C=O) groups excluding carboxylic acids is 6. The first-order valence-electron chi connectivity index (χ1n) is 42.5. The Morgan fingerprint density at radius 2 is 0.560 bits per heavy atom. The van der Waals surface area contributed by atoms with Gasteiger partial charge in [-0.1, -0.05) is 187 Å². The van der Waals surface area contributed by atoms with Gasteiger partial charge in [-0.05, 0) is 184 Å². The minimum Gasteiger partial charge on any atom is -0.380 e. The lowest BCUT2D eigenvalue weighted by atomic mass is 9.76. The summed E-state index contributed by atoms with van der Waals surface area (Å²) in [5.41, 5.74) is -4.83. The van der Waals surface area contributed by atoms with Gasteiger partial charge in [0.25, 0.3) is 0 Å². The van der Waals surface area contributed by atoms with Crippen molar-refractivity contribution in [2.24, 2.45) is 65.0 Å². The quantitative estimate of drug-likeness (QED) is 0.0281. The molecule has 7 N–H and O–H groups in total. The molecule has 19 nitrogen and oxygen atoms in total. The molecule has 0 saturated heterocycles. The predicted molar refractivity (Wildman–Crippen MR) is 453 cm³/mol. The molecular formula is C90H177N7O12. The topological polar surface area (TPSA) is 242 Å². The Morgan fingerprint density at radius 1 is 0.284 bits per heavy atom. The van der Waals surface area contributed by atoms with Gasteiger partial charge in [0, 0.05) is 124 Å². The van der Waals surface area contributed by atoms with E-state index in [2.05, 4.69) is 176 Å². The highest BCUT2D eigenvalue weighted by molar-refractivity contribution is 5.83. The van der Waals surface area contributed by atoms with Crippen LogP contribution in [0.3, 0.4) is 0 Å². The largest absolute Gasteiger partial charge is 0.380 e. The fourth-order valence-electron chi connectivity index (χ4n) is 13.8. The third-order valence-corrected chi connectivity index (χ3v) is 23.3. The van der Waals surface area contributed by atoms with Crippen molar-refractivity contribution in [2.45, 2.75) is 373 Å². The van der Waals surface area contributed by atoms with Crippen LogP contribution in [-0.4, -0.2) is 163 Å². The average molecular weight is 1550 g/mol. The Morgan fingerprint density at radius 3 is 0.853 bits per heavy atom. The molecule has 5 unspecified atom stereocenters. The molecule has 0 heterocycles. The lowest BCUT2D eigenvalue weighted by Crippen LogP contribution is -2.43. The second-order valence-electron chi connectivity index (χ2n) is 43.3. The first-order valence-corrected chi connectivity index (χ1v) is 42.5. The lowest BCUT2D eigenvalue weighted by Gasteiger charge is -2.35. The van der Waals surface area contributed by atoms with E-state index in [1.165, 1.54) is 0 Å². The lowest BCUT2D eigenvalue weighted by molar-refractivity contribution is -0.133. The first-order chi connectivity index (χ1) is 49.4. The predicted octanol–water partition coefficient (Wildman–Crippen LogP) is 17.9. The summed E-state index contributed by atoms with van der Waals surface area (Å²) in [5, 5.41) is 22.8. The smallest absolute Gasteiger partial charge is 0.225 e. The van der Waals surface area contributed by atoms with Crippen LogP contribution in [0.15, 0.2) is 0 Å². The second-order valence-corrected chi connectivity index (χ2v) is 43.3. The first kappa shape index (κ1) is 106.